The Labute approximate surface area is 130 Å². The van der Waals surface area contributed by atoms with Gasteiger partial charge in [0.1, 0.15) is 11.6 Å². The first kappa shape index (κ1) is 16.3. The third kappa shape index (κ3) is 4.19. The number of hydrogen-bond acceptors (Lipinski definition) is 4. The molecule has 0 saturated carbocycles. The average molecular weight is 305 g/mol. The first-order valence-corrected chi connectivity index (χ1v) is 7.50. The highest BCUT2D eigenvalue weighted by Gasteiger charge is 2.32. The van der Waals surface area contributed by atoms with E-state index in [1.54, 1.807) is 31.9 Å². The van der Waals surface area contributed by atoms with Gasteiger partial charge in [-0.05, 0) is 52.7 Å². The number of carbonyl (C=O) groups excluding carboxylic acids is 2. The zero-order chi connectivity index (χ0) is 16.3. The maximum atomic E-state index is 12.5. The molecule has 0 bridgehead atoms. The number of rotatable bonds is 2. The van der Waals surface area contributed by atoms with Gasteiger partial charge in [-0.25, -0.2) is 4.79 Å². The quantitative estimate of drug-likeness (QED) is 0.911. The number of carbonyl (C=O) groups is 2. The van der Waals surface area contributed by atoms with E-state index in [0.29, 0.717) is 13.0 Å². The minimum Gasteiger partial charge on any atom is -0.444 e. The van der Waals surface area contributed by atoms with Crippen LogP contribution in [0.15, 0.2) is 18.3 Å². The smallest absolute Gasteiger partial charge is 0.408 e. The lowest BCUT2D eigenvalue weighted by Gasteiger charge is -2.33. The third-order valence-corrected chi connectivity index (χ3v) is 3.34. The second-order valence-electron chi connectivity index (χ2n) is 6.49. The number of aromatic nitrogens is 1. The number of aryl methyl sites for hydroxylation is 1. The Morgan fingerprint density at radius 2 is 2.14 bits per heavy atom. The maximum absolute atomic E-state index is 12.5. The van der Waals surface area contributed by atoms with Gasteiger partial charge in [-0.15, -0.1) is 0 Å². The Hall–Kier alpha value is -2.11. The Morgan fingerprint density at radius 3 is 2.73 bits per heavy atom. The largest absolute Gasteiger partial charge is 0.444 e. The van der Waals surface area contributed by atoms with Gasteiger partial charge >= 0.3 is 6.09 Å². The summed E-state index contributed by atoms with van der Waals surface area (Å²) in [6.45, 7) is 7.91. The molecule has 6 heteroatoms. The highest BCUT2D eigenvalue weighted by Crippen LogP contribution is 2.21. The van der Waals surface area contributed by atoms with E-state index < -0.39 is 17.7 Å². The lowest BCUT2D eigenvalue weighted by atomic mass is 10.0. The average Bonchev–Trinajstić information content (AvgIpc) is 2.40. The number of nitrogens with zero attached hydrogens (tertiary/aromatic N) is 2. The highest BCUT2D eigenvalue weighted by molar-refractivity contribution is 5.99. The van der Waals surface area contributed by atoms with Crippen molar-refractivity contribution >= 4 is 17.7 Å². The first-order chi connectivity index (χ1) is 10.3. The molecule has 1 aliphatic heterocycles. The van der Waals surface area contributed by atoms with Crippen LogP contribution in [-0.4, -0.2) is 35.2 Å². The summed E-state index contributed by atoms with van der Waals surface area (Å²) in [7, 11) is 0. The number of nitrogens with one attached hydrogen (secondary N) is 1. The molecule has 0 aliphatic carbocycles. The highest BCUT2D eigenvalue weighted by atomic mass is 16.6. The van der Waals surface area contributed by atoms with Gasteiger partial charge in [0.05, 0.1) is 11.9 Å². The SMILES string of the molecule is Cc1ccc(N2CCC[C@@H](NC(=O)OC(C)(C)C)C2=O)cn1. The van der Waals surface area contributed by atoms with Crippen LogP contribution in [0.25, 0.3) is 0 Å². The van der Waals surface area contributed by atoms with Gasteiger partial charge < -0.3 is 15.0 Å². The van der Waals surface area contributed by atoms with E-state index in [1.807, 2.05) is 19.1 Å². The van der Waals surface area contributed by atoms with Gasteiger partial charge in [-0.2, -0.15) is 0 Å². The summed E-state index contributed by atoms with van der Waals surface area (Å²) in [5, 5.41) is 2.66. The summed E-state index contributed by atoms with van der Waals surface area (Å²) >= 11 is 0. The molecule has 1 aliphatic rings. The molecule has 1 aromatic heterocycles. The minimum atomic E-state index is -0.581. The fraction of sp³-hybridized carbons (Fsp3) is 0.562. The van der Waals surface area contributed by atoms with Crippen molar-refractivity contribution < 1.29 is 14.3 Å². The Balaban J connectivity index is 2.04. The van der Waals surface area contributed by atoms with Crippen LogP contribution >= 0.6 is 0 Å². The van der Waals surface area contributed by atoms with Crippen LogP contribution in [0, 0.1) is 6.92 Å². The number of pyridine rings is 1. The van der Waals surface area contributed by atoms with Crippen LogP contribution < -0.4 is 10.2 Å². The van der Waals surface area contributed by atoms with Crippen molar-refractivity contribution in [2.24, 2.45) is 0 Å². The van der Waals surface area contributed by atoms with Crippen molar-refractivity contribution in [3.8, 4) is 0 Å². The predicted octanol–water partition coefficient (Wildman–Crippen LogP) is 2.41. The molecule has 1 fully saturated rings. The molecule has 0 aromatic carbocycles. The molecular formula is C16H23N3O3. The molecular weight excluding hydrogens is 282 g/mol. The summed E-state index contributed by atoms with van der Waals surface area (Å²) in [5.74, 6) is -0.122. The van der Waals surface area contributed by atoms with Gasteiger partial charge in [0.2, 0.25) is 5.91 Å². The molecule has 120 valence electrons. The molecule has 2 rings (SSSR count). The van der Waals surface area contributed by atoms with E-state index in [1.165, 1.54) is 0 Å². The van der Waals surface area contributed by atoms with Crippen molar-refractivity contribution in [2.45, 2.75) is 52.2 Å². The number of piperidine rings is 1. The maximum Gasteiger partial charge on any atom is 0.408 e. The monoisotopic (exact) mass is 305 g/mol. The van der Waals surface area contributed by atoms with Gasteiger partial charge in [-0.3, -0.25) is 9.78 Å². The first-order valence-electron chi connectivity index (χ1n) is 7.50. The summed E-state index contributed by atoms with van der Waals surface area (Å²) in [6, 6.07) is 3.19. The van der Waals surface area contributed by atoms with Gasteiger partial charge in [-0.1, -0.05) is 0 Å². The Bertz CT molecular complexity index is 549. The standard InChI is InChI=1S/C16H23N3O3/c1-11-7-8-12(10-17-11)19-9-5-6-13(14(19)20)18-15(21)22-16(2,3)4/h7-8,10,13H,5-6,9H2,1-4H3,(H,18,21)/t13-/m1/s1. The van der Waals surface area contributed by atoms with Crippen LogP contribution in [0.2, 0.25) is 0 Å². The zero-order valence-corrected chi connectivity index (χ0v) is 13.5. The molecule has 6 nitrogen and oxygen atoms in total. The summed E-state index contributed by atoms with van der Waals surface area (Å²) in [4.78, 5) is 30.3. The second-order valence-corrected chi connectivity index (χ2v) is 6.49. The van der Waals surface area contributed by atoms with Crippen molar-refractivity contribution in [3.05, 3.63) is 24.0 Å². The molecule has 0 spiro atoms. The van der Waals surface area contributed by atoms with Crippen molar-refractivity contribution in [2.75, 3.05) is 11.4 Å². The van der Waals surface area contributed by atoms with E-state index in [2.05, 4.69) is 10.3 Å². The lowest BCUT2D eigenvalue weighted by molar-refractivity contribution is -0.121. The lowest BCUT2D eigenvalue weighted by Crippen LogP contribution is -2.53. The number of amides is 2. The zero-order valence-electron chi connectivity index (χ0n) is 13.5. The minimum absolute atomic E-state index is 0.122. The number of anilines is 1. The predicted molar refractivity (Wildman–Crippen MR) is 83.7 cm³/mol. The third-order valence-electron chi connectivity index (χ3n) is 3.34. The molecule has 1 saturated heterocycles. The Morgan fingerprint density at radius 1 is 1.41 bits per heavy atom. The van der Waals surface area contributed by atoms with E-state index in [9.17, 15) is 9.59 Å². The fourth-order valence-electron chi connectivity index (χ4n) is 2.34. The van der Waals surface area contributed by atoms with Gasteiger partial charge in [0, 0.05) is 12.2 Å². The topological polar surface area (TPSA) is 71.5 Å². The molecule has 0 unspecified atom stereocenters. The molecule has 0 radical (unpaired) electrons. The van der Waals surface area contributed by atoms with Crippen molar-refractivity contribution in [3.63, 3.8) is 0 Å². The van der Waals surface area contributed by atoms with Gasteiger partial charge in [0.25, 0.3) is 0 Å². The summed E-state index contributed by atoms with van der Waals surface area (Å²) in [5.41, 5.74) is 1.07. The number of hydrogen-bond donors (Lipinski definition) is 1. The van der Waals surface area contributed by atoms with Crippen LogP contribution in [0.1, 0.15) is 39.3 Å². The Kier molecular flexibility index (Phi) is 4.68. The van der Waals surface area contributed by atoms with E-state index >= 15 is 0 Å². The number of ether oxygens (including phenoxy) is 1. The molecule has 2 amide bonds. The van der Waals surface area contributed by atoms with Crippen LogP contribution in [0.5, 0.6) is 0 Å². The molecule has 22 heavy (non-hydrogen) atoms. The van der Waals surface area contributed by atoms with Crippen LogP contribution in [-0.2, 0) is 9.53 Å². The van der Waals surface area contributed by atoms with Crippen LogP contribution in [0.3, 0.4) is 0 Å². The van der Waals surface area contributed by atoms with Crippen molar-refractivity contribution in [1.29, 1.82) is 0 Å². The molecule has 1 atom stereocenters. The summed E-state index contributed by atoms with van der Waals surface area (Å²) in [6.07, 6.45) is 2.56. The molecule has 1 N–H and O–H groups in total. The second kappa shape index (κ2) is 6.34. The van der Waals surface area contributed by atoms with Gasteiger partial charge in [0.15, 0.2) is 0 Å². The van der Waals surface area contributed by atoms with Crippen LogP contribution in [0.4, 0.5) is 10.5 Å². The number of alkyl carbamates (subject to hydrolysis) is 1. The normalized spacial score (nSPS) is 19.0. The molecule has 2 heterocycles. The fourth-order valence-corrected chi connectivity index (χ4v) is 2.34. The molecule has 1 aromatic rings. The van der Waals surface area contributed by atoms with E-state index in [4.69, 9.17) is 4.74 Å². The summed E-state index contributed by atoms with van der Waals surface area (Å²) < 4.78 is 5.21. The van der Waals surface area contributed by atoms with E-state index in [0.717, 1.165) is 17.8 Å². The van der Waals surface area contributed by atoms with Crippen molar-refractivity contribution in [1.82, 2.24) is 10.3 Å². The van der Waals surface area contributed by atoms with E-state index in [-0.39, 0.29) is 5.91 Å².